The van der Waals surface area contributed by atoms with Crippen LogP contribution < -0.4 is 17.0 Å². The molecule has 5 N–H and O–H groups in total. The van der Waals surface area contributed by atoms with Gasteiger partial charge in [0.2, 0.25) is 0 Å². The Kier molecular flexibility index (Phi) is 11.0. The SMILES string of the molecule is CC.CN.CNN.c1ccc(C(c2ccccc2)c2ccc(-n3c4ccccc4c4c5c(ccc43)sc3ccccc35)cc2)cc1. The summed E-state index contributed by atoms with van der Waals surface area (Å²) in [7, 11) is 3.15. The topological polar surface area (TPSA) is 69.0 Å². The number of hydrogen-bond acceptors (Lipinski definition) is 4. The van der Waals surface area contributed by atoms with Gasteiger partial charge in [-0.25, -0.2) is 0 Å². The van der Waals surface area contributed by atoms with E-state index in [0.717, 1.165) is 0 Å². The van der Waals surface area contributed by atoms with Crippen LogP contribution in [0, 0.1) is 0 Å². The second-order valence-corrected chi connectivity index (χ2v) is 11.5. The number of para-hydroxylation sites is 1. The monoisotopic (exact) mass is 622 g/mol. The van der Waals surface area contributed by atoms with E-state index in [2.05, 4.69) is 167 Å². The third-order valence-electron chi connectivity index (χ3n) is 7.93. The number of rotatable bonds is 4. The largest absolute Gasteiger partial charge is 0.333 e. The van der Waals surface area contributed by atoms with Crippen molar-refractivity contribution in [3.63, 3.8) is 0 Å². The Morgan fingerprint density at radius 3 is 1.63 bits per heavy atom. The van der Waals surface area contributed by atoms with Gasteiger partial charge in [0.15, 0.2) is 0 Å². The number of benzene rings is 6. The van der Waals surface area contributed by atoms with E-state index in [1.165, 1.54) is 71.4 Å². The minimum atomic E-state index is 0.191. The summed E-state index contributed by atoms with van der Waals surface area (Å²) < 4.78 is 5.12. The molecule has 6 aromatic carbocycles. The fourth-order valence-electron chi connectivity index (χ4n) is 6.24. The highest BCUT2D eigenvalue weighted by molar-refractivity contribution is 7.26. The van der Waals surface area contributed by atoms with Gasteiger partial charge in [0, 0.05) is 42.6 Å². The molecule has 0 radical (unpaired) electrons. The summed E-state index contributed by atoms with van der Waals surface area (Å²) in [4.78, 5) is 0. The maximum Gasteiger partial charge on any atom is 0.0548 e. The van der Waals surface area contributed by atoms with Crippen molar-refractivity contribution in [1.29, 1.82) is 0 Å². The van der Waals surface area contributed by atoms with Gasteiger partial charge in [0.05, 0.1) is 11.0 Å². The van der Waals surface area contributed by atoms with E-state index >= 15 is 0 Å². The molecule has 5 heteroatoms. The Morgan fingerprint density at radius 1 is 0.522 bits per heavy atom. The van der Waals surface area contributed by atoms with Gasteiger partial charge in [0.25, 0.3) is 0 Å². The van der Waals surface area contributed by atoms with E-state index in [0.29, 0.717) is 0 Å². The third kappa shape index (κ3) is 6.19. The highest BCUT2D eigenvalue weighted by Crippen LogP contribution is 2.43. The molecular weight excluding hydrogens is 581 g/mol. The Balaban J connectivity index is 0.000000555. The number of nitrogens with one attached hydrogen (secondary N) is 1. The van der Waals surface area contributed by atoms with Crippen LogP contribution in [0.5, 0.6) is 0 Å². The number of fused-ring (bicyclic) bond motifs is 7. The van der Waals surface area contributed by atoms with Gasteiger partial charge < -0.3 is 10.3 Å². The van der Waals surface area contributed by atoms with Crippen LogP contribution in [0.1, 0.15) is 36.5 Å². The Hall–Kier alpha value is -4.78. The summed E-state index contributed by atoms with van der Waals surface area (Å²) in [6.45, 7) is 4.00. The molecular formula is C41H42N4S. The lowest BCUT2D eigenvalue weighted by Crippen LogP contribution is -2.13. The van der Waals surface area contributed by atoms with Gasteiger partial charge in [-0.15, -0.1) is 11.3 Å². The minimum Gasteiger partial charge on any atom is -0.333 e. The smallest absolute Gasteiger partial charge is 0.0548 e. The molecule has 0 spiro atoms. The molecule has 0 bridgehead atoms. The fraction of sp³-hybridized carbons (Fsp3) is 0.122. The number of nitrogens with zero attached hydrogens (tertiary/aromatic N) is 1. The van der Waals surface area contributed by atoms with Crippen LogP contribution >= 0.6 is 11.3 Å². The van der Waals surface area contributed by atoms with Gasteiger partial charge in [0.1, 0.15) is 0 Å². The molecule has 232 valence electrons. The molecule has 0 aliphatic carbocycles. The average Bonchev–Trinajstić information content (AvgIpc) is 3.67. The van der Waals surface area contributed by atoms with Gasteiger partial charge in [-0.05, 0) is 67.2 Å². The number of thiophene rings is 1. The third-order valence-corrected chi connectivity index (χ3v) is 9.06. The molecule has 0 saturated carbocycles. The highest BCUT2D eigenvalue weighted by atomic mass is 32.1. The predicted octanol–water partition coefficient (Wildman–Crippen LogP) is 10.0. The Labute approximate surface area is 275 Å². The van der Waals surface area contributed by atoms with Crippen molar-refractivity contribution in [3.8, 4) is 5.69 Å². The zero-order valence-corrected chi connectivity index (χ0v) is 27.8. The molecule has 8 rings (SSSR count). The Morgan fingerprint density at radius 2 is 1.02 bits per heavy atom. The van der Waals surface area contributed by atoms with E-state index in [1.54, 1.807) is 7.05 Å². The van der Waals surface area contributed by atoms with Crippen molar-refractivity contribution in [2.45, 2.75) is 19.8 Å². The molecule has 0 aliphatic heterocycles. The summed E-state index contributed by atoms with van der Waals surface area (Å²) in [5, 5.41) is 5.36. The lowest BCUT2D eigenvalue weighted by Gasteiger charge is -2.19. The summed E-state index contributed by atoms with van der Waals surface area (Å²) in [5.41, 5.74) is 14.3. The second-order valence-electron chi connectivity index (χ2n) is 10.4. The summed E-state index contributed by atoms with van der Waals surface area (Å²) in [6, 6.07) is 53.0. The van der Waals surface area contributed by atoms with E-state index in [4.69, 9.17) is 0 Å². The number of aromatic nitrogens is 1. The Bertz CT molecular complexity index is 2090. The quantitative estimate of drug-likeness (QED) is 0.104. The first-order valence-corrected chi connectivity index (χ1v) is 16.6. The first-order chi connectivity index (χ1) is 22.8. The maximum atomic E-state index is 4.60. The van der Waals surface area contributed by atoms with Crippen LogP contribution in [0.25, 0.3) is 47.7 Å². The van der Waals surface area contributed by atoms with Crippen LogP contribution in [0.4, 0.5) is 0 Å². The fourth-order valence-corrected chi connectivity index (χ4v) is 7.35. The van der Waals surface area contributed by atoms with E-state index in [9.17, 15) is 0 Å². The van der Waals surface area contributed by atoms with Crippen LogP contribution in [-0.2, 0) is 0 Å². The molecule has 0 atom stereocenters. The first-order valence-electron chi connectivity index (χ1n) is 15.8. The van der Waals surface area contributed by atoms with Crippen LogP contribution in [0.3, 0.4) is 0 Å². The van der Waals surface area contributed by atoms with Gasteiger partial charge in [-0.2, -0.15) is 0 Å². The predicted molar refractivity (Wildman–Crippen MR) is 202 cm³/mol. The van der Waals surface area contributed by atoms with Crippen LogP contribution in [0.2, 0.25) is 0 Å². The van der Waals surface area contributed by atoms with E-state index in [1.807, 2.05) is 25.2 Å². The molecule has 46 heavy (non-hydrogen) atoms. The molecule has 4 nitrogen and oxygen atoms in total. The lowest BCUT2D eigenvalue weighted by atomic mass is 9.85. The molecule has 0 aliphatic rings. The van der Waals surface area contributed by atoms with Gasteiger partial charge in [-0.3, -0.25) is 11.3 Å². The molecule has 2 aromatic heterocycles. The second kappa shape index (κ2) is 15.5. The van der Waals surface area contributed by atoms with Crippen molar-refractivity contribution in [3.05, 3.63) is 162 Å². The lowest BCUT2D eigenvalue weighted by molar-refractivity contribution is 0.900. The van der Waals surface area contributed by atoms with Crippen molar-refractivity contribution >= 4 is 53.3 Å². The van der Waals surface area contributed by atoms with Crippen molar-refractivity contribution in [1.82, 2.24) is 9.99 Å². The zero-order valence-electron chi connectivity index (χ0n) is 26.9. The summed E-state index contributed by atoms with van der Waals surface area (Å²) in [6.07, 6.45) is 0. The summed E-state index contributed by atoms with van der Waals surface area (Å²) >= 11 is 1.88. The standard InChI is InChI=1S/C37H25NS.C2H6.CH6N2.CH5N/c1-3-11-25(12-4-1)35(26-13-5-2-6-14-26)27-19-21-28(22-20-27)38-31-17-9-7-15-29(31)36-32(38)23-24-34-37(36)30-16-8-10-18-33(30)39-34;1-2;1-3-2;1-2/h1-24,35H;1-2H3;3H,2H2,1H3;2H2,1H3. The highest BCUT2D eigenvalue weighted by Gasteiger charge is 2.19. The minimum absolute atomic E-state index is 0.191. The van der Waals surface area contributed by atoms with E-state index in [-0.39, 0.29) is 5.92 Å². The molecule has 0 saturated heterocycles. The van der Waals surface area contributed by atoms with Gasteiger partial charge >= 0.3 is 0 Å². The van der Waals surface area contributed by atoms with Crippen molar-refractivity contribution in [2.24, 2.45) is 11.6 Å². The maximum absolute atomic E-state index is 4.60. The average molecular weight is 623 g/mol. The molecule has 0 amide bonds. The number of hydrazine groups is 1. The number of hydrogen-bond donors (Lipinski definition) is 3. The normalized spacial score (nSPS) is 10.7. The summed E-state index contributed by atoms with van der Waals surface area (Å²) in [5.74, 6) is 4.79. The van der Waals surface area contributed by atoms with Gasteiger partial charge in [-0.1, -0.05) is 123 Å². The van der Waals surface area contributed by atoms with E-state index < -0.39 is 0 Å². The van der Waals surface area contributed by atoms with Crippen LogP contribution in [0.15, 0.2) is 146 Å². The van der Waals surface area contributed by atoms with Crippen molar-refractivity contribution < 1.29 is 0 Å². The molecule has 8 aromatic rings. The molecule has 0 fully saturated rings. The van der Waals surface area contributed by atoms with Crippen molar-refractivity contribution in [2.75, 3.05) is 14.1 Å². The first kappa shape index (κ1) is 32.6. The molecule has 0 unspecified atom stereocenters. The zero-order chi connectivity index (χ0) is 32.5. The molecule has 2 heterocycles. The number of nitrogens with two attached hydrogens (primary N) is 2. The van der Waals surface area contributed by atoms with Crippen LogP contribution in [-0.4, -0.2) is 18.7 Å².